The van der Waals surface area contributed by atoms with E-state index in [2.05, 4.69) is 15.9 Å². The molecule has 0 aliphatic carbocycles. The maximum Gasteiger partial charge on any atom is 0.307 e. The highest BCUT2D eigenvalue weighted by atomic mass is 79.9. The summed E-state index contributed by atoms with van der Waals surface area (Å²) in [6, 6.07) is 13.2. The van der Waals surface area contributed by atoms with E-state index < -0.39 is 5.97 Å². The van der Waals surface area contributed by atoms with Gasteiger partial charge in [0.1, 0.15) is 12.4 Å². The van der Waals surface area contributed by atoms with Crippen molar-refractivity contribution < 1.29 is 19.4 Å². The second-order valence-electron chi connectivity index (χ2n) is 5.24. The number of halogens is 1. The van der Waals surface area contributed by atoms with Crippen LogP contribution in [0.5, 0.6) is 5.75 Å². The van der Waals surface area contributed by atoms with Gasteiger partial charge in [-0.3, -0.25) is 4.79 Å². The summed E-state index contributed by atoms with van der Waals surface area (Å²) in [7, 11) is 1.67. The van der Waals surface area contributed by atoms with Gasteiger partial charge in [0.25, 0.3) is 0 Å². The van der Waals surface area contributed by atoms with Crippen molar-refractivity contribution >= 4 is 21.9 Å². The first-order chi connectivity index (χ1) is 11.0. The fourth-order valence-corrected chi connectivity index (χ4v) is 2.80. The van der Waals surface area contributed by atoms with Crippen LogP contribution in [0, 0.1) is 0 Å². The smallest absolute Gasteiger partial charge is 0.307 e. The van der Waals surface area contributed by atoms with Gasteiger partial charge in [-0.05, 0) is 42.3 Å². The van der Waals surface area contributed by atoms with Crippen LogP contribution < -0.4 is 4.74 Å². The Morgan fingerprint density at radius 1 is 1.26 bits per heavy atom. The quantitative estimate of drug-likeness (QED) is 0.777. The third-order valence-electron chi connectivity index (χ3n) is 3.51. The van der Waals surface area contributed by atoms with E-state index in [0.717, 1.165) is 15.6 Å². The molecular formula is C18H19BrO4. The largest absolute Gasteiger partial charge is 0.489 e. The topological polar surface area (TPSA) is 55.8 Å². The molecule has 122 valence electrons. The molecule has 0 radical (unpaired) electrons. The predicted octanol–water partition coefficient (Wildman–Crippen LogP) is 4.36. The summed E-state index contributed by atoms with van der Waals surface area (Å²) in [6.45, 7) is 2.34. The first kappa shape index (κ1) is 17.5. The van der Waals surface area contributed by atoms with Crippen molar-refractivity contribution in [2.45, 2.75) is 26.1 Å². The van der Waals surface area contributed by atoms with Crippen molar-refractivity contribution in [2.75, 3.05) is 7.11 Å². The minimum Gasteiger partial charge on any atom is -0.489 e. The van der Waals surface area contributed by atoms with Crippen molar-refractivity contribution in [3.8, 4) is 5.75 Å². The first-order valence-electron chi connectivity index (χ1n) is 7.24. The Morgan fingerprint density at radius 3 is 2.70 bits per heavy atom. The Kier molecular flexibility index (Phi) is 6.19. The first-order valence-corrected chi connectivity index (χ1v) is 8.03. The molecule has 2 aromatic rings. The van der Waals surface area contributed by atoms with E-state index in [9.17, 15) is 4.79 Å². The van der Waals surface area contributed by atoms with Gasteiger partial charge < -0.3 is 14.6 Å². The van der Waals surface area contributed by atoms with E-state index in [0.29, 0.717) is 17.9 Å². The lowest BCUT2D eigenvalue weighted by Crippen LogP contribution is -2.05. The van der Waals surface area contributed by atoms with E-state index in [4.69, 9.17) is 14.6 Å². The fourth-order valence-electron chi connectivity index (χ4n) is 2.24. The summed E-state index contributed by atoms with van der Waals surface area (Å²) >= 11 is 3.50. The van der Waals surface area contributed by atoms with Gasteiger partial charge in [0, 0.05) is 17.1 Å². The van der Waals surface area contributed by atoms with Crippen LogP contribution in [0.1, 0.15) is 29.7 Å². The Balaban J connectivity index is 2.15. The zero-order valence-corrected chi connectivity index (χ0v) is 14.7. The number of aliphatic carboxylic acids is 1. The van der Waals surface area contributed by atoms with Crippen LogP contribution in [0.3, 0.4) is 0 Å². The highest BCUT2D eigenvalue weighted by molar-refractivity contribution is 9.10. The molecule has 5 heteroatoms. The summed E-state index contributed by atoms with van der Waals surface area (Å²) in [5, 5.41) is 8.96. The number of methoxy groups -OCH3 is 1. The van der Waals surface area contributed by atoms with Gasteiger partial charge in [-0.15, -0.1) is 0 Å². The molecule has 23 heavy (non-hydrogen) atoms. The van der Waals surface area contributed by atoms with Crippen LogP contribution in [0.15, 0.2) is 46.9 Å². The van der Waals surface area contributed by atoms with Crippen LogP contribution in [0.2, 0.25) is 0 Å². The molecule has 2 rings (SSSR count). The highest BCUT2D eigenvalue weighted by Crippen LogP contribution is 2.25. The number of carboxylic acids is 1. The monoisotopic (exact) mass is 378 g/mol. The number of hydrogen-bond donors (Lipinski definition) is 1. The van der Waals surface area contributed by atoms with Crippen LogP contribution in [0.25, 0.3) is 0 Å². The summed E-state index contributed by atoms with van der Waals surface area (Å²) in [6.07, 6.45) is -0.0637. The van der Waals surface area contributed by atoms with Crippen molar-refractivity contribution in [1.82, 2.24) is 0 Å². The molecule has 0 aliphatic heterocycles. The van der Waals surface area contributed by atoms with Gasteiger partial charge in [-0.2, -0.15) is 0 Å². The Morgan fingerprint density at radius 2 is 2.00 bits per heavy atom. The van der Waals surface area contributed by atoms with Gasteiger partial charge in [0.2, 0.25) is 0 Å². The van der Waals surface area contributed by atoms with Crippen LogP contribution in [-0.4, -0.2) is 18.2 Å². The maximum absolute atomic E-state index is 10.9. The summed E-state index contributed by atoms with van der Waals surface area (Å²) in [5.41, 5.74) is 2.71. The molecule has 0 aromatic heterocycles. The SMILES string of the molecule is COC(C)c1cc(Br)cc(COc2ccccc2CC(=O)O)c1. The Bertz CT molecular complexity index is 684. The Hall–Kier alpha value is -1.85. The number of carboxylic acid groups (broad SMARTS) is 1. The lowest BCUT2D eigenvalue weighted by atomic mass is 10.1. The second-order valence-corrected chi connectivity index (χ2v) is 6.15. The van der Waals surface area contributed by atoms with E-state index in [1.807, 2.05) is 37.3 Å². The molecule has 0 aliphatic rings. The van der Waals surface area contributed by atoms with Gasteiger partial charge in [-0.1, -0.05) is 34.1 Å². The molecule has 0 saturated carbocycles. The number of hydrogen-bond acceptors (Lipinski definition) is 3. The molecule has 1 unspecified atom stereocenters. The molecule has 1 N–H and O–H groups in total. The summed E-state index contributed by atoms with van der Waals surface area (Å²) in [4.78, 5) is 10.9. The van der Waals surface area contributed by atoms with E-state index >= 15 is 0 Å². The summed E-state index contributed by atoms with van der Waals surface area (Å²) in [5.74, 6) is -0.282. The molecule has 0 saturated heterocycles. The average Bonchev–Trinajstić information content (AvgIpc) is 2.52. The standard InChI is InChI=1S/C18H19BrO4/c1-12(22-2)15-7-13(8-16(19)9-15)11-23-17-6-4-3-5-14(17)10-18(20)21/h3-9,12H,10-11H2,1-2H3,(H,20,21). The molecule has 1 atom stereocenters. The molecule has 4 nitrogen and oxygen atoms in total. The number of carbonyl (C=O) groups is 1. The minimum atomic E-state index is -0.875. The highest BCUT2D eigenvalue weighted by Gasteiger charge is 2.10. The molecule has 2 aromatic carbocycles. The maximum atomic E-state index is 10.9. The predicted molar refractivity (Wildman–Crippen MR) is 91.7 cm³/mol. The van der Waals surface area contributed by atoms with Crippen molar-refractivity contribution in [1.29, 1.82) is 0 Å². The molecule has 0 spiro atoms. The molecule has 0 bridgehead atoms. The molecule has 0 fully saturated rings. The van der Waals surface area contributed by atoms with E-state index in [1.165, 1.54) is 0 Å². The van der Waals surface area contributed by atoms with Crippen molar-refractivity contribution in [2.24, 2.45) is 0 Å². The van der Waals surface area contributed by atoms with Gasteiger partial charge in [0.05, 0.1) is 12.5 Å². The number of ether oxygens (including phenoxy) is 2. The molecule has 0 amide bonds. The Labute approximate surface area is 144 Å². The third kappa shape index (κ3) is 5.08. The minimum absolute atomic E-state index is 0.00875. The van der Waals surface area contributed by atoms with E-state index in [-0.39, 0.29) is 12.5 Å². The van der Waals surface area contributed by atoms with Gasteiger partial charge in [0.15, 0.2) is 0 Å². The lowest BCUT2D eigenvalue weighted by molar-refractivity contribution is -0.136. The molecular weight excluding hydrogens is 360 g/mol. The lowest BCUT2D eigenvalue weighted by Gasteiger charge is -2.14. The summed E-state index contributed by atoms with van der Waals surface area (Å²) < 4.78 is 12.1. The van der Waals surface area contributed by atoms with Crippen molar-refractivity contribution in [3.63, 3.8) is 0 Å². The number of benzene rings is 2. The zero-order valence-electron chi connectivity index (χ0n) is 13.1. The second kappa shape index (κ2) is 8.13. The van der Waals surface area contributed by atoms with Crippen molar-refractivity contribution in [3.05, 3.63) is 63.6 Å². The zero-order chi connectivity index (χ0) is 16.8. The normalized spacial score (nSPS) is 12.0. The fraction of sp³-hybridized carbons (Fsp3) is 0.278. The average molecular weight is 379 g/mol. The van der Waals surface area contributed by atoms with Crippen LogP contribution in [-0.2, 0) is 22.6 Å². The third-order valence-corrected chi connectivity index (χ3v) is 3.97. The van der Waals surface area contributed by atoms with Crippen LogP contribution >= 0.6 is 15.9 Å². The number of para-hydroxylation sites is 1. The molecule has 0 heterocycles. The van der Waals surface area contributed by atoms with Crippen LogP contribution in [0.4, 0.5) is 0 Å². The van der Waals surface area contributed by atoms with E-state index in [1.54, 1.807) is 19.2 Å². The van der Waals surface area contributed by atoms with Gasteiger partial charge in [-0.25, -0.2) is 0 Å². The van der Waals surface area contributed by atoms with Gasteiger partial charge >= 0.3 is 5.97 Å². The number of rotatable bonds is 7.